The summed E-state index contributed by atoms with van der Waals surface area (Å²) in [5.41, 5.74) is 1.21. The maximum atomic E-state index is 6.08. The Hall–Kier alpha value is -0.770. The molecule has 0 fully saturated rings. The summed E-state index contributed by atoms with van der Waals surface area (Å²) >= 11 is 6.08. The Morgan fingerprint density at radius 1 is 1.35 bits per heavy atom. The molecule has 1 aromatic rings. The molecule has 0 aliphatic rings. The third kappa shape index (κ3) is 4.54. The summed E-state index contributed by atoms with van der Waals surface area (Å²) in [4.78, 5) is 0. The average molecular weight is 257 g/mol. The summed E-state index contributed by atoms with van der Waals surface area (Å²) in [7, 11) is 3.57. The lowest BCUT2D eigenvalue weighted by Gasteiger charge is -2.26. The predicted molar refractivity (Wildman–Crippen MR) is 72.8 cm³/mol. The van der Waals surface area contributed by atoms with E-state index in [-0.39, 0.29) is 5.54 Å². The van der Waals surface area contributed by atoms with Crippen LogP contribution >= 0.6 is 11.6 Å². The van der Waals surface area contributed by atoms with Gasteiger partial charge in [0.25, 0.3) is 0 Å². The average Bonchev–Trinajstić information content (AvgIpc) is 2.27. The monoisotopic (exact) mass is 256 g/mol. The summed E-state index contributed by atoms with van der Waals surface area (Å²) in [5.74, 6) is 0.713. The highest BCUT2D eigenvalue weighted by atomic mass is 35.5. The number of methoxy groups -OCH3 is 1. The van der Waals surface area contributed by atoms with Crippen molar-refractivity contribution in [1.29, 1.82) is 0 Å². The Balaban J connectivity index is 2.61. The van der Waals surface area contributed by atoms with Crippen LogP contribution in [0, 0.1) is 0 Å². The molecule has 3 nitrogen and oxygen atoms in total. The molecule has 2 N–H and O–H groups in total. The van der Waals surface area contributed by atoms with E-state index in [0.717, 1.165) is 18.7 Å². The first-order chi connectivity index (χ1) is 7.98. The topological polar surface area (TPSA) is 33.3 Å². The number of halogens is 1. The van der Waals surface area contributed by atoms with Crippen molar-refractivity contribution in [2.75, 3.05) is 20.7 Å². The molecular weight excluding hydrogens is 236 g/mol. The lowest BCUT2D eigenvalue weighted by Crippen LogP contribution is -2.46. The van der Waals surface area contributed by atoms with Gasteiger partial charge in [0.15, 0.2) is 0 Å². The Morgan fingerprint density at radius 2 is 2.06 bits per heavy atom. The van der Waals surface area contributed by atoms with Gasteiger partial charge in [-0.1, -0.05) is 17.7 Å². The maximum absolute atomic E-state index is 6.08. The zero-order chi connectivity index (χ0) is 12.9. The van der Waals surface area contributed by atoms with E-state index in [1.165, 1.54) is 0 Å². The van der Waals surface area contributed by atoms with E-state index in [2.05, 4.69) is 24.5 Å². The highest BCUT2D eigenvalue weighted by molar-refractivity contribution is 6.32. The van der Waals surface area contributed by atoms with Gasteiger partial charge in [0, 0.05) is 18.6 Å². The number of rotatable bonds is 6. The molecule has 0 amide bonds. The first kappa shape index (κ1) is 14.3. The predicted octanol–water partition coefficient (Wildman–Crippen LogP) is 2.44. The number of hydrogen-bond donors (Lipinski definition) is 2. The SMILES string of the molecule is CNCC(C)(C)NCc1ccc(OC)c(Cl)c1. The number of benzene rings is 1. The minimum Gasteiger partial charge on any atom is -0.495 e. The third-order valence-electron chi connectivity index (χ3n) is 2.61. The van der Waals surface area contributed by atoms with E-state index in [9.17, 15) is 0 Å². The molecule has 0 aliphatic carbocycles. The molecule has 0 bridgehead atoms. The molecule has 1 rings (SSSR count). The smallest absolute Gasteiger partial charge is 0.137 e. The molecule has 0 aliphatic heterocycles. The van der Waals surface area contributed by atoms with Gasteiger partial charge in [0.1, 0.15) is 5.75 Å². The Morgan fingerprint density at radius 3 is 2.59 bits per heavy atom. The van der Waals surface area contributed by atoms with Crippen LogP contribution < -0.4 is 15.4 Å². The maximum Gasteiger partial charge on any atom is 0.137 e. The highest BCUT2D eigenvalue weighted by Gasteiger charge is 2.15. The zero-order valence-corrected chi connectivity index (χ0v) is 11.7. The standard InChI is InChI=1S/C13H21ClN2O/c1-13(2,9-15-3)16-8-10-5-6-12(17-4)11(14)7-10/h5-7,15-16H,8-9H2,1-4H3. The van der Waals surface area contributed by atoms with E-state index < -0.39 is 0 Å². The molecule has 0 heterocycles. The fourth-order valence-electron chi connectivity index (χ4n) is 1.67. The van der Waals surface area contributed by atoms with Crippen LogP contribution in [0.15, 0.2) is 18.2 Å². The lowest BCUT2D eigenvalue weighted by atomic mass is 10.1. The van der Waals surface area contributed by atoms with Gasteiger partial charge in [0.2, 0.25) is 0 Å². The number of nitrogens with one attached hydrogen (secondary N) is 2. The molecule has 0 aromatic heterocycles. The third-order valence-corrected chi connectivity index (χ3v) is 2.90. The second kappa shape index (κ2) is 6.24. The van der Waals surface area contributed by atoms with E-state index in [1.54, 1.807) is 7.11 Å². The molecule has 17 heavy (non-hydrogen) atoms. The molecule has 96 valence electrons. The van der Waals surface area contributed by atoms with Crippen molar-refractivity contribution in [1.82, 2.24) is 10.6 Å². The molecule has 0 unspecified atom stereocenters. The Labute approximate surface area is 109 Å². The fourth-order valence-corrected chi connectivity index (χ4v) is 1.95. The fraction of sp³-hybridized carbons (Fsp3) is 0.538. The summed E-state index contributed by atoms with van der Waals surface area (Å²) in [6.07, 6.45) is 0. The van der Waals surface area contributed by atoms with E-state index in [4.69, 9.17) is 16.3 Å². The van der Waals surface area contributed by atoms with Crippen molar-refractivity contribution in [2.45, 2.75) is 25.9 Å². The van der Waals surface area contributed by atoms with Gasteiger partial charge in [-0.15, -0.1) is 0 Å². The van der Waals surface area contributed by atoms with E-state index in [1.807, 2.05) is 25.2 Å². The number of hydrogen-bond acceptors (Lipinski definition) is 3. The van der Waals surface area contributed by atoms with E-state index >= 15 is 0 Å². The normalized spacial score (nSPS) is 11.6. The van der Waals surface area contributed by atoms with Crippen molar-refractivity contribution in [3.05, 3.63) is 28.8 Å². The van der Waals surface area contributed by atoms with Gasteiger partial charge in [0.05, 0.1) is 12.1 Å². The molecule has 4 heteroatoms. The Kier molecular flexibility index (Phi) is 5.25. The first-order valence-corrected chi connectivity index (χ1v) is 6.08. The summed E-state index contributed by atoms with van der Waals surface area (Å²) in [5, 5.41) is 7.30. The van der Waals surface area contributed by atoms with Crippen LogP contribution in [0.1, 0.15) is 19.4 Å². The second-order valence-electron chi connectivity index (χ2n) is 4.74. The second-order valence-corrected chi connectivity index (χ2v) is 5.14. The number of ether oxygens (including phenoxy) is 1. The van der Waals surface area contributed by atoms with Gasteiger partial charge in [-0.3, -0.25) is 0 Å². The molecule has 1 aromatic carbocycles. The minimum absolute atomic E-state index is 0.0567. The van der Waals surface area contributed by atoms with Crippen molar-refractivity contribution >= 4 is 11.6 Å². The highest BCUT2D eigenvalue weighted by Crippen LogP contribution is 2.24. The first-order valence-electron chi connectivity index (χ1n) is 5.70. The van der Waals surface area contributed by atoms with Gasteiger partial charge in [-0.05, 0) is 38.6 Å². The molecular formula is C13H21ClN2O. The van der Waals surface area contributed by atoms with Crippen LogP contribution in [0.3, 0.4) is 0 Å². The van der Waals surface area contributed by atoms with Crippen molar-refractivity contribution < 1.29 is 4.74 Å². The zero-order valence-electron chi connectivity index (χ0n) is 10.9. The molecule has 0 atom stereocenters. The molecule has 0 radical (unpaired) electrons. The largest absolute Gasteiger partial charge is 0.495 e. The van der Waals surface area contributed by atoms with Crippen LogP contribution in [0.25, 0.3) is 0 Å². The molecule has 0 saturated carbocycles. The van der Waals surface area contributed by atoms with Crippen molar-refractivity contribution in [2.24, 2.45) is 0 Å². The van der Waals surface area contributed by atoms with Gasteiger partial charge < -0.3 is 15.4 Å². The summed E-state index contributed by atoms with van der Waals surface area (Å²) in [6.45, 7) is 6.03. The number of likely N-dealkylation sites (N-methyl/N-ethyl adjacent to an activating group) is 1. The Bertz CT molecular complexity index is 366. The van der Waals surface area contributed by atoms with Crippen molar-refractivity contribution in [3.63, 3.8) is 0 Å². The van der Waals surface area contributed by atoms with E-state index in [0.29, 0.717) is 10.8 Å². The van der Waals surface area contributed by atoms with Crippen LogP contribution in [-0.2, 0) is 6.54 Å². The minimum atomic E-state index is 0.0567. The van der Waals surface area contributed by atoms with Crippen molar-refractivity contribution in [3.8, 4) is 5.75 Å². The van der Waals surface area contributed by atoms with Crippen LogP contribution in [0.5, 0.6) is 5.75 Å². The lowest BCUT2D eigenvalue weighted by molar-refractivity contribution is 0.373. The summed E-state index contributed by atoms with van der Waals surface area (Å²) < 4.78 is 5.12. The summed E-state index contributed by atoms with van der Waals surface area (Å²) in [6, 6.07) is 5.85. The molecule has 0 saturated heterocycles. The van der Waals surface area contributed by atoms with Gasteiger partial charge >= 0.3 is 0 Å². The van der Waals surface area contributed by atoms with Gasteiger partial charge in [-0.25, -0.2) is 0 Å². The quantitative estimate of drug-likeness (QED) is 0.820. The van der Waals surface area contributed by atoms with Gasteiger partial charge in [-0.2, -0.15) is 0 Å². The van der Waals surface area contributed by atoms with Crippen LogP contribution in [0.4, 0.5) is 0 Å². The molecule has 0 spiro atoms. The van der Waals surface area contributed by atoms with Crippen LogP contribution in [-0.4, -0.2) is 26.2 Å². The van der Waals surface area contributed by atoms with Crippen LogP contribution in [0.2, 0.25) is 5.02 Å².